The van der Waals surface area contributed by atoms with Gasteiger partial charge in [0.2, 0.25) is 0 Å². The SMILES string of the molecule is CC1=C(c2cccc3oc4ccccc4c23)N=C(c2ccc(-c3cccc4oc5ccccc5c34)c3ccccc23)N=C(c2cc3ccccc3c3ccccc23)C1. The molecular weight excluding hydrogens is 709 g/mol. The summed E-state index contributed by atoms with van der Waals surface area (Å²) in [6.45, 7) is 2.21. The summed E-state index contributed by atoms with van der Waals surface area (Å²) < 4.78 is 12.7. The third-order valence-electron chi connectivity index (χ3n) is 11.9. The molecule has 0 fully saturated rings. The number of amidine groups is 1. The monoisotopic (exact) mass is 742 g/mol. The molecule has 4 nitrogen and oxygen atoms in total. The Morgan fingerprint density at radius 3 is 1.57 bits per heavy atom. The van der Waals surface area contributed by atoms with Gasteiger partial charge in [0.25, 0.3) is 0 Å². The Bertz CT molecular complexity index is 3610. The molecule has 0 N–H and O–H groups in total. The normalized spacial score (nSPS) is 13.7. The summed E-state index contributed by atoms with van der Waals surface area (Å²) in [4.78, 5) is 11.3. The van der Waals surface area contributed by atoms with Gasteiger partial charge >= 0.3 is 0 Å². The molecule has 0 spiro atoms. The maximum atomic E-state index is 6.40. The second-order valence-electron chi connectivity index (χ2n) is 15.3. The molecule has 0 atom stereocenters. The summed E-state index contributed by atoms with van der Waals surface area (Å²) in [5.74, 6) is 0.679. The Labute approximate surface area is 333 Å². The van der Waals surface area contributed by atoms with Crippen molar-refractivity contribution in [3.05, 3.63) is 198 Å². The molecule has 0 saturated heterocycles. The average molecular weight is 743 g/mol. The fourth-order valence-corrected chi connectivity index (χ4v) is 9.29. The van der Waals surface area contributed by atoms with Crippen LogP contribution in [0.4, 0.5) is 0 Å². The van der Waals surface area contributed by atoms with Crippen LogP contribution in [0.25, 0.3) is 93.0 Å². The van der Waals surface area contributed by atoms with Gasteiger partial charge < -0.3 is 8.83 Å². The summed E-state index contributed by atoms with van der Waals surface area (Å²) >= 11 is 0. The van der Waals surface area contributed by atoms with E-state index < -0.39 is 0 Å². The molecule has 9 aromatic carbocycles. The van der Waals surface area contributed by atoms with Crippen molar-refractivity contribution < 1.29 is 8.83 Å². The highest BCUT2D eigenvalue weighted by Crippen LogP contribution is 2.42. The topological polar surface area (TPSA) is 51.0 Å². The van der Waals surface area contributed by atoms with E-state index >= 15 is 0 Å². The van der Waals surface area contributed by atoms with Crippen molar-refractivity contribution in [3.63, 3.8) is 0 Å². The molecule has 0 amide bonds. The maximum absolute atomic E-state index is 6.40. The van der Waals surface area contributed by atoms with E-state index in [9.17, 15) is 0 Å². The van der Waals surface area contributed by atoms with Gasteiger partial charge in [-0.2, -0.15) is 0 Å². The van der Waals surface area contributed by atoms with E-state index in [1.165, 1.54) is 21.5 Å². The van der Waals surface area contributed by atoms with Gasteiger partial charge in [0.15, 0.2) is 5.84 Å². The summed E-state index contributed by atoms with van der Waals surface area (Å²) in [6, 6.07) is 62.0. The molecule has 0 saturated carbocycles. The van der Waals surface area contributed by atoms with Crippen LogP contribution >= 0.6 is 0 Å². The Hall–Kier alpha value is -7.56. The minimum Gasteiger partial charge on any atom is -0.456 e. The smallest absolute Gasteiger partial charge is 0.160 e. The van der Waals surface area contributed by atoms with Crippen LogP contribution in [0, 0.1) is 0 Å². The molecule has 2 aromatic heterocycles. The Balaban J connectivity index is 1.14. The van der Waals surface area contributed by atoms with E-state index in [1.54, 1.807) is 0 Å². The van der Waals surface area contributed by atoms with Gasteiger partial charge in [-0.15, -0.1) is 0 Å². The lowest BCUT2D eigenvalue weighted by Crippen LogP contribution is -2.07. The molecule has 1 aliphatic heterocycles. The molecule has 11 aromatic rings. The summed E-state index contributed by atoms with van der Waals surface area (Å²) in [7, 11) is 0. The van der Waals surface area contributed by atoms with Crippen LogP contribution in [0.5, 0.6) is 0 Å². The minimum atomic E-state index is 0.627. The predicted molar refractivity (Wildman–Crippen MR) is 242 cm³/mol. The van der Waals surface area contributed by atoms with Crippen molar-refractivity contribution in [1.82, 2.24) is 0 Å². The van der Waals surface area contributed by atoms with Crippen molar-refractivity contribution in [2.24, 2.45) is 9.98 Å². The zero-order valence-electron chi connectivity index (χ0n) is 31.7. The largest absolute Gasteiger partial charge is 0.456 e. The van der Waals surface area contributed by atoms with Gasteiger partial charge in [0.1, 0.15) is 22.3 Å². The van der Waals surface area contributed by atoms with E-state index in [-0.39, 0.29) is 0 Å². The molecule has 4 heteroatoms. The number of fused-ring (bicyclic) bond motifs is 10. The fourth-order valence-electron chi connectivity index (χ4n) is 9.29. The van der Waals surface area contributed by atoms with E-state index in [2.05, 4.69) is 159 Å². The van der Waals surface area contributed by atoms with Gasteiger partial charge in [0, 0.05) is 44.7 Å². The van der Waals surface area contributed by atoms with Crippen molar-refractivity contribution >= 4 is 93.4 Å². The maximum Gasteiger partial charge on any atom is 0.160 e. The summed E-state index contributed by atoms with van der Waals surface area (Å²) in [5, 5.41) is 11.4. The third kappa shape index (κ3) is 4.95. The van der Waals surface area contributed by atoms with E-state index in [1.807, 2.05) is 24.3 Å². The van der Waals surface area contributed by atoms with Gasteiger partial charge in [-0.05, 0) is 92.3 Å². The predicted octanol–water partition coefficient (Wildman–Crippen LogP) is 14.7. The number of hydrogen-bond acceptors (Lipinski definition) is 4. The van der Waals surface area contributed by atoms with Crippen LogP contribution in [0.15, 0.2) is 200 Å². The number of nitrogens with zero attached hydrogens (tertiary/aromatic N) is 2. The zero-order valence-corrected chi connectivity index (χ0v) is 31.7. The lowest BCUT2D eigenvalue weighted by Gasteiger charge is -2.14. The Morgan fingerprint density at radius 2 is 0.879 bits per heavy atom. The molecule has 1 aliphatic rings. The second-order valence-corrected chi connectivity index (χ2v) is 15.3. The van der Waals surface area contributed by atoms with Gasteiger partial charge in [-0.3, -0.25) is 0 Å². The Morgan fingerprint density at radius 1 is 0.379 bits per heavy atom. The van der Waals surface area contributed by atoms with Crippen molar-refractivity contribution in [3.8, 4) is 11.1 Å². The number of allylic oxidation sites excluding steroid dienone is 1. The van der Waals surface area contributed by atoms with Crippen LogP contribution in [0.2, 0.25) is 0 Å². The summed E-state index contributed by atoms with van der Waals surface area (Å²) in [5.41, 5.74) is 11.9. The number of aliphatic imine (C=N–C) groups is 2. The van der Waals surface area contributed by atoms with Crippen LogP contribution < -0.4 is 0 Å². The van der Waals surface area contributed by atoms with Gasteiger partial charge in [0.05, 0.1) is 11.4 Å². The number of furan rings is 2. The molecule has 0 bridgehead atoms. The van der Waals surface area contributed by atoms with Crippen LogP contribution in [0.1, 0.15) is 30.0 Å². The second kappa shape index (κ2) is 12.7. The van der Waals surface area contributed by atoms with Crippen molar-refractivity contribution in [1.29, 1.82) is 0 Å². The highest BCUT2D eigenvalue weighted by atomic mass is 16.3. The Kier molecular flexibility index (Phi) is 7.17. The lowest BCUT2D eigenvalue weighted by atomic mass is 9.91. The van der Waals surface area contributed by atoms with Crippen molar-refractivity contribution in [2.45, 2.75) is 13.3 Å². The highest BCUT2D eigenvalue weighted by molar-refractivity contribution is 6.26. The number of benzene rings is 9. The van der Waals surface area contributed by atoms with Crippen LogP contribution in [-0.2, 0) is 0 Å². The third-order valence-corrected chi connectivity index (χ3v) is 11.9. The van der Waals surface area contributed by atoms with Gasteiger partial charge in [-0.25, -0.2) is 9.98 Å². The zero-order chi connectivity index (χ0) is 38.3. The molecule has 0 radical (unpaired) electrons. The quantitative estimate of drug-likeness (QED) is 0.169. The molecule has 0 aliphatic carbocycles. The van der Waals surface area contributed by atoms with Crippen LogP contribution in [0.3, 0.4) is 0 Å². The first-order valence-corrected chi connectivity index (χ1v) is 19.8. The average Bonchev–Trinajstić information content (AvgIpc) is 3.80. The minimum absolute atomic E-state index is 0.627. The van der Waals surface area contributed by atoms with Crippen molar-refractivity contribution in [2.75, 3.05) is 0 Å². The highest BCUT2D eigenvalue weighted by Gasteiger charge is 2.24. The molecule has 3 heterocycles. The molecule has 0 unspecified atom stereocenters. The van der Waals surface area contributed by atoms with E-state index in [0.29, 0.717) is 12.3 Å². The number of para-hydroxylation sites is 2. The lowest BCUT2D eigenvalue weighted by molar-refractivity contribution is 0.668. The molecular formula is C54H34N2O2. The summed E-state index contributed by atoms with van der Waals surface area (Å²) in [6.07, 6.45) is 0.627. The van der Waals surface area contributed by atoms with Crippen LogP contribution in [-0.4, -0.2) is 11.5 Å². The van der Waals surface area contributed by atoms with Gasteiger partial charge in [-0.1, -0.05) is 140 Å². The standard InChI is InChI=1S/C54H34N2O2/c1-32-30-46(45-31-33-14-2-3-15-34(33)35-16-4-7-19-38(35)45)55-54(56-53(32)44-23-13-27-50-52(44)43-21-9-11-25-48(43)58-50)41-29-28-39(36-17-5-6-18-37(36)41)40-22-12-26-49-51(40)42-20-8-10-24-47(42)57-49/h2-29,31H,30H2,1H3. The number of hydrogen-bond donors (Lipinski definition) is 0. The molecule has 58 heavy (non-hydrogen) atoms. The first-order valence-electron chi connectivity index (χ1n) is 19.8. The fraction of sp³-hybridized carbons (Fsp3) is 0.0370. The molecule has 272 valence electrons. The first-order chi connectivity index (χ1) is 28.7. The van der Waals surface area contributed by atoms with E-state index in [0.717, 1.165) is 99.4 Å². The van der Waals surface area contributed by atoms with E-state index in [4.69, 9.17) is 18.8 Å². The number of rotatable bonds is 4. The molecule has 12 rings (SSSR count). The first kappa shape index (κ1) is 32.7.